The van der Waals surface area contributed by atoms with Gasteiger partial charge in [-0.05, 0) is 6.92 Å². The summed E-state index contributed by atoms with van der Waals surface area (Å²) in [5.74, 6) is -1.64. The summed E-state index contributed by atoms with van der Waals surface area (Å²) in [4.78, 5) is 11.3. The molecule has 0 spiro atoms. The fourth-order valence-electron chi connectivity index (χ4n) is 4.19. The van der Waals surface area contributed by atoms with E-state index >= 15 is 0 Å². The van der Waals surface area contributed by atoms with E-state index in [1.54, 1.807) is 0 Å². The minimum Gasteiger partial charge on any atom is -0.479 e. The lowest BCUT2D eigenvalue weighted by molar-refractivity contribution is -0.373. The first-order valence-electron chi connectivity index (χ1n) is 10.8. The van der Waals surface area contributed by atoms with Crippen LogP contribution in [0.3, 0.4) is 0 Å². The van der Waals surface area contributed by atoms with Crippen molar-refractivity contribution >= 4 is 5.97 Å². The van der Waals surface area contributed by atoms with Gasteiger partial charge in [0.2, 0.25) is 0 Å². The van der Waals surface area contributed by atoms with Crippen molar-refractivity contribution in [3.8, 4) is 0 Å². The minimum atomic E-state index is -1.95. The lowest BCUT2D eigenvalue weighted by Crippen LogP contribution is -2.66. The lowest BCUT2D eigenvalue weighted by atomic mass is 9.96. The van der Waals surface area contributed by atoms with Gasteiger partial charge in [-0.15, -0.1) is 0 Å². The Kier molecular flexibility index (Phi) is 9.38. The monoisotopic (exact) mass is 516 g/mol. The van der Waals surface area contributed by atoms with Crippen molar-refractivity contribution in [3.05, 3.63) is 0 Å². The first-order valence-corrected chi connectivity index (χ1v) is 10.8. The fourth-order valence-corrected chi connectivity index (χ4v) is 4.19. The van der Waals surface area contributed by atoms with Crippen LogP contribution in [0.2, 0.25) is 0 Å². The third-order valence-electron chi connectivity index (χ3n) is 6.23. The first-order chi connectivity index (χ1) is 16.4. The number of aliphatic hydroxyl groups is 8. The highest BCUT2D eigenvalue weighted by Crippen LogP contribution is 2.32. The van der Waals surface area contributed by atoms with Gasteiger partial charge in [0.15, 0.2) is 25.0 Å². The Balaban J connectivity index is 1.70. The molecule has 15 atom stereocenters. The Morgan fingerprint density at radius 1 is 0.714 bits per heavy atom. The average Bonchev–Trinajstić information content (AvgIpc) is 2.82. The maximum absolute atomic E-state index is 11.3. The van der Waals surface area contributed by atoms with E-state index in [1.807, 2.05) is 0 Å². The predicted octanol–water partition coefficient (Wildman–Crippen LogP) is -5.80. The zero-order valence-electron chi connectivity index (χ0n) is 18.8. The second kappa shape index (κ2) is 11.5. The molecule has 204 valence electrons. The number of carboxylic acids is 1. The zero-order chi connectivity index (χ0) is 26.2. The highest BCUT2D eigenvalue weighted by atomic mass is 16.8. The summed E-state index contributed by atoms with van der Waals surface area (Å²) in [6.45, 7) is 0.731. The molecule has 0 unspecified atom stereocenters. The molecule has 0 aromatic rings. The van der Waals surface area contributed by atoms with E-state index < -0.39 is 105 Å². The van der Waals surface area contributed by atoms with Gasteiger partial charge in [-0.25, -0.2) is 4.79 Å². The van der Waals surface area contributed by atoms with Crippen molar-refractivity contribution < 1.29 is 79.2 Å². The quantitative estimate of drug-likeness (QED) is 0.153. The summed E-state index contributed by atoms with van der Waals surface area (Å²) < 4.78 is 31.7. The third-order valence-corrected chi connectivity index (χ3v) is 6.23. The smallest absolute Gasteiger partial charge is 0.335 e. The topological polar surface area (TPSA) is 255 Å². The number of ether oxygens (including phenoxy) is 6. The molecule has 3 saturated heterocycles. The molecule has 0 aromatic heterocycles. The van der Waals surface area contributed by atoms with Crippen LogP contribution in [-0.2, 0) is 33.2 Å². The van der Waals surface area contributed by atoms with Crippen LogP contribution in [0.15, 0.2) is 0 Å². The van der Waals surface area contributed by atoms with Crippen molar-refractivity contribution in [1.29, 1.82) is 0 Å². The number of methoxy groups -OCH3 is 1. The van der Waals surface area contributed by atoms with Crippen LogP contribution in [0, 0.1) is 0 Å². The van der Waals surface area contributed by atoms with Crippen LogP contribution in [-0.4, -0.2) is 158 Å². The van der Waals surface area contributed by atoms with E-state index in [-0.39, 0.29) is 0 Å². The lowest BCUT2D eigenvalue weighted by Gasteiger charge is -2.47. The van der Waals surface area contributed by atoms with Crippen molar-refractivity contribution in [2.75, 3.05) is 13.7 Å². The largest absolute Gasteiger partial charge is 0.479 e. The molecular weight excluding hydrogens is 484 g/mol. The molecule has 0 radical (unpaired) electrons. The van der Waals surface area contributed by atoms with Crippen LogP contribution < -0.4 is 0 Å². The summed E-state index contributed by atoms with van der Waals surface area (Å²) in [7, 11) is 1.21. The number of carboxylic acid groups (broad SMARTS) is 1. The summed E-state index contributed by atoms with van der Waals surface area (Å²) in [6.07, 6.45) is -24.5. The molecule has 16 nitrogen and oxygen atoms in total. The molecule has 16 heteroatoms. The summed E-state index contributed by atoms with van der Waals surface area (Å²) >= 11 is 0. The van der Waals surface area contributed by atoms with Crippen LogP contribution in [0.5, 0.6) is 0 Å². The maximum Gasteiger partial charge on any atom is 0.335 e. The molecular formula is C19H32O16. The standard InChI is InChI=1S/C19H32O16/c1-4-13(33-19-10(25)7(22)8(23)15(35-19)16(28)29)9(24)11(26)18(31-4)34-14-6(21)5(3-20)32-17(30-2)12(14)27/h4-15,17-27H,3H2,1-2H3,(H,28,29)/t4-,5+,6+,7-,8-,9-,10+,11+,12+,13-,14-,15-,17-,18-,19+/m0/s1. The number of aliphatic hydroxyl groups excluding tert-OH is 8. The zero-order valence-corrected chi connectivity index (χ0v) is 18.8. The summed E-state index contributed by atoms with van der Waals surface area (Å²) in [5.41, 5.74) is 0. The molecule has 0 aliphatic carbocycles. The molecule has 3 aliphatic heterocycles. The van der Waals surface area contributed by atoms with Gasteiger partial charge in [-0.1, -0.05) is 0 Å². The Labute approximate surface area is 198 Å². The van der Waals surface area contributed by atoms with E-state index in [0.29, 0.717) is 0 Å². The Bertz CT molecular complexity index is 694. The molecule has 3 fully saturated rings. The van der Waals surface area contributed by atoms with Crippen molar-refractivity contribution in [2.45, 2.75) is 99.0 Å². The Morgan fingerprint density at radius 3 is 1.86 bits per heavy atom. The Hall–Kier alpha value is -1.09. The predicted molar refractivity (Wildman–Crippen MR) is 105 cm³/mol. The number of hydrogen-bond donors (Lipinski definition) is 9. The normalized spacial score (nSPS) is 51.2. The number of rotatable bonds is 7. The van der Waals surface area contributed by atoms with Crippen molar-refractivity contribution in [2.24, 2.45) is 0 Å². The SMILES string of the molecule is CO[C@H]1O[C@H](CO)[C@@H](O)[C@H](O[C@@H]2O[C@@H](C)[C@H](O[C@@H]3O[C@H](C(=O)O)[C@@H](O)[C@H](O)[C@H]3O)[C@@H](O)[C@H]2O)[C@H]1O. The second-order valence-electron chi connectivity index (χ2n) is 8.57. The third kappa shape index (κ3) is 5.60. The fraction of sp³-hybridized carbons (Fsp3) is 0.947. The molecule has 0 saturated carbocycles. The highest BCUT2D eigenvalue weighted by molar-refractivity contribution is 5.73. The number of aliphatic carboxylic acids is 1. The van der Waals surface area contributed by atoms with Gasteiger partial charge in [-0.2, -0.15) is 0 Å². The van der Waals surface area contributed by atoms with Gasteiger partial charge < -0.3 is 74.4 Å². The van der Waals surface area contributed by atoms with Crippen LogP contribution in [0.25, 0.3) is 0 Å². The molecule has 0 bridgehead atoms. The summed E-state index contributed by atoms with van der Waals surface area (Å²) in [6, 6.07) is 0. The van der Waals surface area contributed by atoms with Gasteiger partial charge >= 0.3 is 5.97 Å². The molecule has 0 amide bonds. The summed E-state index contributed by atoms with van der Waals surface area (Å²) in [5, 5.41) is 90.4. The number of carbonyl (C=O) groups is 1. The molecule has 3 aliphatic rings. The van der Waals surface area contributed by atoms with Crippen molar-refractivity contribution in [1.82, 2.24) is 0 Å². The molecule has 3 heterocycles. The van der Waals surface area contributed by atoms with Gasteiger partial charge in [-0.3, -0.25) is 0 Å². The van der Waals surface area contributed by atoms with Gasteiger partial charge in [0.05, 0.1) is 12.7 Å². The van der Waals surface area contributed by atoms with Crippen LogP contribution >= 0.6 is 0 Å². The van der Waals surface area contributed by atoms with Gasteiger partial charge in [0.1, 0.15) is 61.0 Å². The van der Waals surface area contributed by atoms with Gasteiger partial charge in [0, 0.05) is 7.11 Å². The van der Waals surface area contributed by atoms with E-state index in [0.717, 1.165) is 0 Å². The first kappa shape index (κ1) is 28.5. The molecule has 9 N–H and O–H groups in total. The van der Waals surface area contributed by atoms with E-state index in [9.17, 15) is 45.6 Å². The second-order valence-corrected chi connectivity index (χ2v) is 8.57. The molecule has 35 heavy (non-hydrogen) atoms. The van der Waals surface area contributed by atoms with Crippen molar-refractivity contribution in [3.63, 3.8) is 0 Å². The molecule has 3 rings (SSSR count). The highest BCUT2D eigenvalue weighted by Gasteiger charge is 2.53. The van der Waals surface area contributed by atoms with E-state index in [2.05, 4.69) is 0 Å². The maximum atomic E-state index is 11.3. The number of hydrogen-bond acceptors (Lipinski definition) is 15. The van der Waals surface area contributed by atoms with Crippen LogP contribution in [0.1, 0.15) is 6.92 Å². The van der Waals surface area contributed by atoms with Crippen LogP contribution in [0.4, 0.5) is 0 Å². The average molecular weight is 516 g/mol. The molecule has 0 aromatic carbocycles. The van der Waals surface area contributed by atoms with E-state index in [1.165, 1.54) is 14.0 Å². The Morgan fingerprint density at radius 2 is 1.29 bits per heavy atom. The van der Waals surface area contributed by atoms with Gasteiger partial charge in [0.25, 0.3) is 0 Å². The minimum absolute atomic E-state index is 0.641. The van der Waals surface area contributed by atoms with E-state index in [4.69, 9.17) is 33.5 Å².